The normalized spacial score (nSPS) is 8.57. The number of hydrogen-bond acceptors (Lipinski definition) is 4. The summed E-state index contributed by atoms with van der Waals surface area (Å²) in [4.78, 5) is 29.3. The van der Waals surface area contributed by atoms with Crippen molar-refractivity contribution in [1.29, 1.82) is 0 Å². The molecule has 0 saturated heterocycles. The minimum atomic E-state index is -4.61. The topological polar surface area (TPSA) is 80.9 Å². The van der Waals surface area contributed by atoms with Crippen LogP contribution >= 0.6 is 0 Å². The summed E-state index contributed by atoms with van der Waals surface area (Å²) in [6.07, 6.45) is 0. The predicted octanol–water partition coefficient (Wildman–Crippen LogP) is -3.26. The summed E-state index contributed by atoms with van der Waals surface area (Å²) in [6.45, 7) is 0. The van der Waals surface area contributed by atoms with Gasteiger partial charge in [-0.05, 0) is 0 Å². The van der Waals surface area contributed by atoms with Gasteiger partial charge < -0.3 is 19.2 Å². The van der Waals surface area contributed by atoms with Gasteiger partial charge in [0.2, 0.25) is 0 Å². The molecular weight excluding hydrogens is 299 g/mol. The fourth-order valence-electron chi connectivity index (χ4n) is 0. The molecule has 0 unspecified atom stereocenters. The van der Waals surface area contributed by atoms with Crippen LogP contribution in [0.3, 0.4) is 0 Å². The molecule has 40 valence electrons. The Kier molecular flexibility index (Phi) is 13.3. The molecule has 0 rings (SSSR count). The Hall–Kier alpha value is 1.75. The quantitative estimate of drug-likeness (QED) is 0.354. The zero-order valence-corrected chi connectivity index (χ0v) is 6.63. The van der Waals surface area contributed by atoms with E-state index in [9.17, 15) is 0 Å². The van der Waals surface area contributed by atoms with Crippen molar-refractivity contribution in [2.45, 2.75) is 0 Å². The first-order chi connectivity index (χ1) is 2.00. The molecule has 0 heterocycles. The monoisotopic (exact) mass is 304 g/mol. The molecule has 0 radical (unpaired) electrons. The van der Waals surface area contributed by atoms with E-state index in [-0.39, 0.29) is 50.6 Å². The molecule has 4 nitrogen and oxygen atoms in total. The summed E-state index contributed by atoms with van der Waals surface area (Å²) >= 11 is 0. The van der Waals surface area contributed by atoms with E-state index in [1.165, 1.54) is 0 Å². The fourth-order valence-corrected chi connectivity index (χ4v) is 0. The third kappa shape index (κ3) is 83.9. The van der Waals surface area contributed by atoms with Gasteiger partial charge in [-0.25, -0.2) is 0 Å². The van der Waals surface area contributed by atoms with E-state index < -0.39 is 9.05 Å². The first kappa shape index (κ1) is 15.9. The van der Waals surface area contributed by atoms with E-state index in [0.29, 0.717) is 0 Å². The zero-order chi connectivity index (χ0) is 4.50. The van der Waals surface area contributed by atoms with Crippen molar-refractivity contribution in [2.24, 2.45) is 0 Å². The van der Waals surface area contributed by atoms with E-state index in [1.54, 1.807) is 0 Å². The fraction of sp³-hybridized carbons (Fsp3) is 0. The van der Waals surface area contributed by atoms with Crippen LogP contribution in [0.25, 0.3) is 0 Å². The minimum absolute atomic E-state index is 0. The standard InChI is InChI=1S/Na.H4O4Si.W.H/c;1-5(2,3)4;;/h;1-4H;;. The molecule has 0 bridgehead atoms. The second-order valence-corrected chi connectivity index (χ2v) is 1.80. The van der Waals surface area contributed by atoms with E-state index in [1.807, 2.05) is 0 Å². The summed E-state index contributed by atoms with van der Waals surface area (Å²) in [5, 5.41) is 0. The summed E-state index contributed by atoms with van der Waals surface area (Å²) in [7, 11) is -4.61. The van der Waals surface area contributed by atoms with E-state index in [4.69, 9.17) is 19.2 Å². The van der Waals surface area contributed by atoms with E-state index >= 15 is 0 Å². The molecule has 0 atom stereocenters. The smallest absolute Gasteiger partial charge is 0 e. The second-order valence-electron chi connectivity index (χ2n) is 0.600. The van der Waals surface area contributed by atoms with Gasteiger partial charge in [-0.15, -0.1) is 0 Å². The van der Waals surface area contributed by atoms with Gasteiger partial charge in [0.1, 0.15) is 0 Å². The molecule has 0 aromatic heterocycles. The maximum atomic E-state index is 7.33. The van der Waals surface area contributed by atoms with Gasteiger partial charge in [0.25, 0.3) is 0 Å². The van der Waals surface area contributed by atoms with Crippen molar-refractivity contribution >= 4 is 38.6 Å². The Bertz CT molecular complexity index is 27.2. The van der Waals surface area contributed by atoms with Crippen molar-refractivity contribution in [2.75, 3.05) is 0 Å². The molecule has 0 spiro atoms. The number of rotatable bonds is 0. The Morgan fingerprint density at radius 3 is 0.857 bits per heavy atom. The van der Waals surface area contributed by atoms with Crippen LogP contribution in [-0.4, -0.2) is 57.8 Å². The van der Waals surface area contributed by atoms with Crippen LogP contribution in [-0.2, 0) is 21.1 Å². The van der Waals surface area contributed by atoms with Crippen molar-refractivity contribution in [3.05, 3.63) is 0 Å². The van der Waals surface area contributed by atoms with Crippen LogP contribution in [0.15, 0.2) is 0 Å². The Morgan fingerprint density at radius 2 is 0.857 bits per heavy atom. The first-order valence-corrected chi connectivity index (χ1v) is 2.68. The van der Waals surface area contributed by atoms with Gasteiger partial charge in [-0.2, -0.15) is 0 Å². The summed E-state index contributed by atoms with van der Waals surface area (Å²) < 4.78 is 0. The number of hydrogen-bond donors (Lipinski definition) is 4. The van der Waals surface area contributed by atoms with Crippen LogP contribution in [0.1, 0.15) is 0 Å². The average Bonchev–Trinajstić information content (AvgIpc) is 0.722. The maximum Gasteiger partial charge on any atom is 0 e. The molecule has 0 saturated carbocycles. The van der Waals surface area contributed by atoms with Crippen molar-refractivity contribution < 1.29 is 40.2 Å². The molecule has 7 heteroatoms. The summed E-state index contributed by atoms with van der Waals surface area (Å²) in [6, 6.07) is 0. The Labute approximate surface area is 78.2 Å². The summed E-state index contributed by atoms with van der Waals surface area (Å²) in [5.41, 5.74) is 0. The Morgan fingerprint density at radius 1 is 0.857 bits per heavy atom. The van der Waals surface area contributed by atoms with Crippen molar-refractivity contribution in [1.82, 2.24) is 0 Å². The molecule has 0 aliphatic heterocycles. The van der Waals surface area contributed by atoms with E-state index in [2.05, 4.69) is 0 Å². The Balaban J connectivity index is -0.0000000800. The van der Waals surface area contributed by atoms with Gasteiger partial charge in [-0.1, -0.05) is 0 Å². The largest absolute Gasteiger partial charge is 0 e. The SMILES string of the molecule is O[Si](O)(O)O.[NaH].[W]. The van der Waals surface area contributed by atoms with Crippen LogP contribution in [0.4, 0.5) is 0 Å². The van der Waals surface area contributed by atoms with E-state index in [0.717, 1.165) is 0 Å². The van der Waals surface area contributed by atoms with Crippen molar-refractivity contribution in [3.63, 3.8) is 0 Å². The molecule has 0 amide bonds. The average molecular weight is 304 g/mol. The first-order valence-electron chi connectivity index (χ1n) is 0.894. The van der Waals surface area contributed by atoms with Gasteiger partial charge in [0.05, 0.1) is 0 Å². The molecular formula is H5NaO4SiW. The zero-order valence-electron chi connectivity index (χ0n) is 2.70. The van der Waals surface area contributed by atoms with Gasteiger partial charge in [0.15, 0.2) is 0 Å². The molecule has 0 aliphatic carbocycles. The third-order valence-electron chi connectivity index (χ3n) is 0. The molecule has 0 aromatic rings. The molecule has 0 aliphatic rings. The maximum absolute atomic E-state index is 7.33. The minimum Gasteiger partial charge on any atom is 0 e. The van der Waals surface area contributed by atoms with Gasteiger partial charge >= 0.3 is 38.6 Å². The molecule has 0 fully saturated rings. The van der Waals surface area contributed by atoms with Gasteiger partial charge in [0, 0.05) is 21.1 Å². The van der Waals surface area contributed by atoms with Crippen LogP contribution in [0, 0.1) is 0 Å². The van der Waals surface area contributed by atoms with Crippen molar-refractivity contribution in [3.8, 4) is 0 Å². The molecule has 0 aromatic carbocycles. The van der Waals surface area contributed by atoms with Crippen LogP contribution in [0.5, 0.6) is 0 Å². The molecule has 7 heavy (non-hydrogen) atoms. The second kappa shape index (κ2) is 5.87. The summed E-state index contributed by atoms with van der Waals surface area (Å²) in [5.74, 6) is 0. The van der Waals surface area contributed by atoms with Gasteiger partial charge in [-0.3, -0.25) is 0 Å². The van der Waals surface area contributed by atoms with Crippen LogP contribution in [0.2, 0.25) is 0 Å². The third-order valence-corrected chi connectivity index (χ3v) is 0. The van der Waals surface area contributed by atoms with Crippen LogP contribution < -0.4 is 0 Å². The predicted molar refractivity (Wildman–Crippen MR) is 21.8 cm³/mol. The molecule has 4 N–H and O–H groups in total.